The van der Waals surface area contributed by atoms with E-state index in [-0.39, 0.29) is 10.6 Å². The number of nitro benzene ring substituents is 1. The third kappa shape index (κ3) is 6.71. The second-order valence-corrected chi connectivity index (χ2v) is 6.22. The first-order valence-corrected chi connectivity index (χ1v) is 7.92. The Balaban J connectivity index is 2.27. The summed E-state index contributed by atoms with van der Waals surface area (Å²) in [5, 5.41) is 10.6. The van der Waals surface area contributed by atoms with Crippen molar-refractivity contribution in [3.05, 3.63) is 39.9 Å². The zero-order chi connectivity index (χ0) is 14.1. The van der Waals surface area contributed by atoms with E-state index in [1.807, 2.05) is 12.1 Å². The van der Waals surface area contributed by atoms with Crippen molar-refractivity contribution in [3.63, 3.8) is 0 Å². The van der Waals surface area contributed by atoms with Crippen molar-refractivity contribution >= 4 is 21.6 Å². The van der Waals surface area contributed by atoms with Crippen LogP contribution in [0.1, 0.15) is 51.0 Å². The van der Waals surface area contributed by atoms with Gasteiger partial charge in [-0.3, -0.25) is 10.1 Å². The molecule has 1 aromatic rings. The Morgan fingerprint density at radius 1 is 1.16 bits per heavy atom. The predicted octanol–water partition coefficient (Wildman–Crippen LogP) is 5.26. The fourth-order valence-electron chi connectivity index (χ4n) is 2.08. The molecule has 0 bridgehead atoms. The van der Waals surface area contributed by atoms with Crippen LogP contribution in [0.4, 0.5) is 5.69 Å². The summed E-state index contributed by atoms with van der Waals surface area (Å²) in [5.74, 6) is 0. The smallest absolute Gasteiger partial charge is 0.258 e. The van der Waals surface area contributed by atoms with E-state index in [4.69, 9.17) is 0 Å². The van der Waals surface area contributed by atoms with Crippen LogP contribution in [-0.4, -0.2) is 9.75 Å². The first-order chi connectivity index (χ1) is 9.13. The molecule has 0 N–H and O–H groups in total. The van der Waals surface area contributed by atoms with Gasteiger partial charge >= 0.3 is 0 Å². The van der Waals surface area contributed by atoms with Crippen molar-refractivity contribution in [2.24, 2.45) is 0 Å². The zero-order valence-electron chi connectivity index (χ0n) is 11.5. The second kappa shape index (κ2) is 9.08. The fraction of sp³-hybridized carbons (Fsp3) is 0.600. The normalized spacial score (nSPS) is 12.3. The van der Waals surface area contributed by atoms with Crippen LogP contribution in [0, 0.1) is 10.1 Å². The van der Waals surface area contributed by atoms with Gasteiger partial charge in [-0.25, -0.2) is 0 Å². The molecule has 0 aliphatic rings. The van der Waals surface area contributed by atoms with Gasteiger partial charge in [0.05, 0.1) is 4.92 Å². The molecule has 0 saturated heterocycles. The van der Waals surface area contributed by atoms with Crippen molar-refractivity contribution in [3.8, 4) is 0 Å². The number of alkyl halides is 1. The average molecular weight is 328 g/mol. The standard InChI is InChI=1S/C15H22BrNO2/c1-2-3-4-5-6-7-14(16)12-13-8-10-15(11-9-13)17(18)19/h8-11,14H,2-7,12H2,1H3. The Kier molecular flexibility index (Phi) is 7.72. The van der Waals surface area contributed by atoms with E-state index in [1.54, 1.807) is 12.1 Å². The first kappa shape index (κ1) is 16.2. The van der Waals surface area contributed by atoms with Gasteiger partial charge < -0.3 is 0 Å². The van der Waals surface area contributed by atoms with Gasteiger partial charge in [-0.05, 0) is 18.4 Å². The highest BCUT2D eigenvalue weighted by Gasteiger charge is 2.08. The predicted molar refractivity (Wildman–Crippen MR) is 82.9 cm³/mol. The van der Waals surface area contributed by atoms with Crippen molar-refractivity contribution in [2.75, 3.05) is 0 Å². The summed E-state index contributed by atoms with van der Waals surface area (Å²) in [5.41, 5.74) is 1.32. The monoisotopic (exact) mass is 327 g/mol. The average Bonchev–Trinajstić information content (AvgIpc) is 2.39. The van der Waals surface area contributed by atoms with Gasteiger partial charge in [-0.15, -0.1) is 0 Å². The van der Waals surface area contributed by atoms with Gasteiger partial charge in [0.2, 0.25) is 0 Å². The van der Waals surface area contributed by atoms with Crippen LogP contribution < -0.4 is 0 Å². The molecule has 0 spiro atoms. The number of halogens is 1. The number of nitro groups is 1. The number of hydrogen-bond acceptors (Lipinski definition) is 2. The maximum atomic E-state index is 10.6. The lowest BCUT2D eigenvalue weighted by atomic mass is 10.0. The van der Waals surface area contributed by atoms with E-state index in [2.05, 4.69) is 22.9 Å². The Hall–Kier alpha value is -0.900. The number of non-ortho nitro benzene ring substituents is 1. The first-order valence-electron chi connectivity index (χ1n) is 7.01. The van der Waals surface area contributed by atoms with Gasteiger partial charge in [0.1, 0.15) is 0 Å². The minimum absolute atomic E-state index is 0.162. The minimum Gasteiger partial charge on any atom is -0.258 e. The third-order valence-electron chi connectivity index (χ3n) is 3.23. The van der Waals surface area contributed by atoms with Crippen LogP contribution in [0.2, 0.25) is 0 Å². The summed E-state index contributed by atoms with van der Waals surface area (Å²) in [6, 6.07) is 6.86. The molecule has 1 aromatic carbocycles. The van der Waals surface area contributed by atoms with Gasteiger partial charge in [0.25, 0.3) is 5.69 Å². The van der Waals surface area contributed by atoms with Crippen LogP contribution >= 0.6 is 15.9 Å². The molecule has 106 valence electrons. The Labute approximate surface area is 123 Å². The molecule has 0 radical (unpaired) electrons. The number of unbranched alkanes of at least 4 members (excludes halogenated alkanes) is 4. The largest absolute Gasteiger partial charge is 0.269 e. The number of nitrogens with zero attached hydrogens (tertiary/aromatic N) is 1. The van der Waals surface area contributed by atoms with Crippen LogP contribution in [-0.2, 0) is 6.42 Å². The quantitative estimate of drug-likeness (QED) is 0.268. The van der Waals surface area contributed by atoms with Crippen molar-refractivity contribution < 1.29 is 4.92 Å². The molecule has 0 aromatic heterocycles. The molecule has 0 aliphatic heterocycles. The number of hydrogen-bond donors (Lipinski definition) is 0. The maximum Gasteiger partial charge on any atom is 0.269 e. The summed E-state index contributed by atoms with van der Waals surface area (Å²) in [4.78, 5) is 10.7. The molecular formula is C15H22BrNO2. The fourth-order valence-corrected chi connectivity index (χ4v) is 2.78. The van der Waals surface area contributed by atoms with E-state index in [1.165, 1.54) is 38.5 Å². The lowest BCUT2D eigenvalue weighted by Crippen LogP contribution is -2.02. The molecule has 0 fully saturated rings. The molecule has 0 amide bonds. The molecule has 1 atom stereocenters. The molecule has 1 unspecified atom stereocenters. The molecule has 19 heavy (non-hydrogen) atoms. The number of benzene rings is 1. The van der Waals surface area contributed by atoms with Crippen molar-refractivity contribution in [2.45, 2.75) is 56.7 Å². The van der Waals surface area contributed by atoms with Crippen LogP contribution in [0.15, 0.2) is 24.3 Å². The molecule has 4 heteroatoms. The van der Waals surface area contributed by atoms with Crippen molar-refractivity contribution in [1.82, 2.24) is 0 Å². The van der Waals surface area contributed by atoms with E-state index in [9.17, 15) is 10.1 Å². The van der Waals surface area contributed by atoms with Crippen molar-refractivity contribution in [1.29, 1.82) is 0 Å². The molecule has 1 rings (SSSR count). The van der Waals surface area contributed by atoms with Gasteiger partial charge in [0.15, 0.2) is 0 Å². The molecule has 0 saturated carbocycles. The summed E-state index contributed by atoms with van der Waals surface area (Å²) in [7, 11) is 0. The third-order valence-corrected chi connectivity index (χ3v) is 4.01. The Bertz CT molecular complexity index is 378. The minimum atomic E-state index is -0.358. The second-order valence-electron chi connectivity index (χ2n) is 4.93. The van der Waals surface area contributed by atoms with Crippen LogP contribution in [0.5, 0.6) is 0 Å². The lowest BCUT2D eigenvalue weighted by Gasteiger charge is -2.09. The summed E-state index contributed by atoms with van der Waals surface area (Å²) in [6.45, 7) is 2.22. The number of rotatable bonds is 9. The van der Waals surface area contributed by atoms with Gasteiger partial charge in [0, 0.05) is 17.0 Å². The van der Waals surface area contributed by atoms with E-state index in [0.717, 1.165) is 12.0 Å². The molecule has 0 aliphatic carbocycles. The van der Waals surface area contributed by atoms with Crippen LogP contribution in [0.25, 0.3) is 0 Å². The van der Waals surface area contributed by atoms with E-state index >= 15 is 0 Å². The zero-order valence-corrected chi connectivity index (χ0v) is 13.1. The SMILES string of the molecule is CCCCCCCC(Br)Cc1ccc([N+](=O)[O-])cc1. The summed E-state index contributed by atoms with van der Waals surface area (Å²) < 4.78 is 0. The van der Waals surface area contributed by atoms with Gasteiger partial charge in [-0.1, -0.05) is 67.1 Å². The van der Waals surface area contributed by atoms with E-state index < -0.39 is 0 Å². The van der Waals surface area contributed by atoms with Gasteiger partial charge in [-0.2, -0.15) is 0 Å². The van der Waals surface area contributed by atoms with E-state index in [0.29, 0.717) is 4.83 Å². The lowest BCUT2D eigenvalue weighted by molar-refractivity contribution is -0.384. The highest BCUT2D eigenvalue weighted by atomic mass is 79.9. The Morgan fingerprint density at radius 2 is 1.79 bits per heavy atom. The van der Waals surface area contributed by atoms with Crippen LogP contribution in [0.3, 0.4) is 0 Å². The molecular weight excluding hydrogens is 306 g/mol. The summed E-state index contributed by atoms with van der Waals surface area (Å²) in [6.07, 6.45) is 8.59. The Morgan fingerprint density at radius 3 is 2.37 bits per heavy atom. The molecule has 3 nitrogen and oxygen atoms in total. The topological polar surface area (TPSA) is 43.1 Å². The molecule has 0 heterocycles. The highest BCUT2D eigenvalue weighted by molar-refractivity contribution is 9.09. The highest BCUT2D eigenvalue weighted by Crippen LogP contribution is 2.19. The maximum absolute atomic E-state index is 10.6. The summed E-state index contributed by atoms with van der Waals surface area (Å²) >= 11 is 3.70.